The molecule has 0 radical (unpaired) electrons. The molecule has 0 aromatic carbocycles. The molecule has 0 bridgehead atoms. The molecule has 28 heavy (non-hydrogen) atoms. The van der Waals surface area contributed by atoms with Gasteiger partial charge in [0, 0.05) is 52.9 Å². The zero-order valence-corrected chi connectivity index (χ0v) is 19.6. The van der Waals surface area contributed by atoms with Crippen molar-refractivity contribution in [1.82, 2.24) is 34.8 Å². The highest BCUT2D eigenvalue weighted by atomic mass is 127. The van der Waals surface area contributed by atoms with E-state index in [2.05, 4.69) is 32.2 Å². The van der Waals surface area contributed by atoms with Crippen LogP contribution in [0.1, 0.15) is 31.4 Å². The van der Waals surface area contributed by atoms with E-state index in [0.29, 0.717) is 13.1 Å². The van der Waals surface area contributed by atoms with Gasteiger partial charge in [0.05, 0.1) is 6.54 Å². The lowest BCUT2D eigenvalue weighted by atomic mass is 10.3. The van der Waals surface area contributed by atoms with Gasteiger partial charge in [-0.1, -0.05) is 0 Å². The van der Waals surface area contributed by atoms with E-state index in [4.69, 9.17) is 4.99 Å². The predicted octanol–water partition coefficient (Wildman–Crippen LogP) is 0.447. The van der Waals surface area contributed by atoms with Gasteiger partial charge >= 0.3 is 0 Å². The van der Waals surface area contributed by atoms with Crippen LogP contribution < -0.4 is 5.32 Å². The first-order valence-electron chi connectivity index (χ1n) is 9.96. The van der Waals surface area contributed by atoms with E-state index in [0.717, 1.165) is 76.3 Å². The number of halogens is 1. The molecule has 0 atom stereocenters. The molecule has 1 amide bonds. The average molecular weight is 504 g/mol. The van der Waals surface area contributed by atoms with E-state index >= 15 is 0 Å². The van der Waals surface area contributed by atoms with E-state index in [1.807, 2.05) is 23.4 Å². The van der Waals surface area contributed by atoms with Gasteiger partial charge in [-0.3, -0.25) is 9.69 Å². The predicted molar refractivity (Wildman–Crippen MR) is 120 cm³/mol. The molecule has 2 saturated heterocycles. The first kappa shape index (κ1) is 22.9. The summed E-state index contributed by atoms with van der Waals surface area (Å²) in [5.41, 5.74) is 0. The standard InChI is InChI=1S/C18H32N8O.HI/c1-4-19-18(20-13-16-22-21-15(2)23(16)3)26-11-9-24(10-12-26)14-17(27)25-7-5-6-8-25;/h4-14H2,1-3H3,(H,19,20);1H. The van der Waals surface area contributed by atoms with Gasteiger partial charge in [0.15, 0.2) is 11.8 Å². The minimum Gasteiger partial charge on any atom is -0.357 e. The Kier molecular flexibility index (Phi) is 8.93. The molecule has 1 aromatic rings. The molecule has 1 aromatic heterocycles. The Morgan fingerprint density at radius 1 is 1.07 bits per heavy atom. The van der Waals surface area contributed by atoms with Crippen LogP contribution in [0.5, 0.6) is 0 Å². The molecule has 0 spiro atoms. The highest BCUT2D eigenvalue weighted by Gasteiger charge is 2.24. The first-order valence-corrected chi connectivity index (χ1v) is 9.96. The molecule has 158 valence electrons. The van der Waals surface area contributed by atoms with E-state index < -0.39 is 0 Å². The first-order chi connectivity index (χ1) is 13.1. The smallest absolute Gasteiger partial charge is 0.236 e. The minimum absolute atomic E-state index is 0. The number of carbonyl (C=O) groups is 1. The summed E-state index contributed by atoms with van der Waals surface area (Å²) in [6.07, 6.45) is 2.29. The molecule has 9 nitrogen and oxygen atoms in total. The average Bonchev–Trinajstić information content (AvgIpc) is 3.31. The van der Waals surface area contributed by atoms with Crippen molar-refractivity contribution in [1.29, 1.82) is 0 Å². The number of aromatic nitrogens is 3. The minimum atomic E-state index is 0. The van der Waals surface area contributed by atoms with Crippen molar-refractivity contribution < 1.29 is 4.79 Å². The topological polar surface area (TPSA) is 81.9 Å². The number of aryl methyl sites for hydroxylation is 1. The Morgan fingerprint density at radius 2 is 1.75 bits per heavy atom. The summed E-state index contributed by atoms with van der Waals surface area (Å²) in [5.74, 6) is 2.93. The van der Waals surface area contributed by atoms with Gasteiger partial charge in [-0.05, 0) is 26.7 Å². The molecule has 0 aliphatic carbocycles. The Morgan fingerprint density at radius 3 is 2.32 bits per heavy atom. The van der Waals surface area contributed by atoms with Gasteiger partial charge in [0.2, 0.25) is 5.91 Å². The molecular weight excluding hydrogens is 471 g/mol. The molecule has 3 heterocycles. The number of aliphatic imine (C=N–C) groups is 1. The number of amides is 1. The van der Waals surface area contributed by atoms with Gasteiger partial charge in [-0.25, -0.2) is 4.99 Å². The highest BCUT2D eigenvalue weighted by Crippen LogP contribution is 2.10. The Bertz CT molecular complexity index is 663. The van der Waals surface area contributed by atoms with E-state index in [9.17, 15) is 4.79 Å². The lowest BCUT2D eigenvalue weighted by molar-refractivity contribution is -0.131. The van der Waals surface area contributed by atoms with Gasteiger partial charge in [-0.2, -0.15) is 0 Å². The molecule has 2 aliphatic heterocycles. The number of rotatable bonds is 5. The van der Waals surface area contributed by atoms with Gasteiger partial charge in [-0.15, -0.1) is 34.2 Å². The zero-order valence-electron chi connectivity index (χ0n) is 17.2. The summed E-state index contributed by atoms with van der Waals surface area (Å²) in [7, 11) is 1.96. The van der Waals surface area contributed by atoms with Crippen LogP contribution >= 0.6 is 24.0 Å². The number of carbonyl (C=O) groups excluding carboxylic acids is 1. The monoisotopic (exact) mass is 504 g/mol. The number of hydrogen-bond donors (Lipinski definition) is 1. The maximum Gasteiger partial charge on any atom is 0.236 e. The normalized spacial score (nSPS) is 18.3. The summed E-state index contributed by atoms with van der Waals surface area (Å²) < 4.78 is 1.97. The molecular formula is C18H33IN8O. The zero-order chi connectivity index (χ0) is 19.2. The summed E-state index contributed by atoms with van der Waals surface area (Å²) >= 11 is 0. The number of guanidine groups is 1. The maximum absolute atomic E-state index is 12.3. The molecule has 2 fully saturated rings. The molecule has 0 unspecified atom stereocenters. The second kappa shape index (κ2) is 10.9. The molecule has 2 aliphatic rings. The summed E-state index contributed by atoms with van der Waals surface area (Å²) in [6.45, 7) is 11.3. The fourth-order valence-corrected chi connectivity index (χ4v) is 3.54. The molecule has 3 rings (SSSR count). The number of likely N-dealkylation sites (tertiary alicyclic amines) is 1. The van der Waals surface area contributed by atoms with Crippen molar-refractivity contribution in [2.75, 3.05) is 52.4 Å². The fourth-order valence-electron chi connectivity index (χ4n) is 3.54. The number of hydrogen-bond acceptors (Lipinski definition) is 5. The Labute approximate surface area is 184 Å². The van der Waals surface area contributed by atoms with Crippen LogP contribution in [-0.4, -0.2) is 93.7 Å². The number of nitrogens with zero attached hydrogens (tertiary/aromatic N) is 7. The third kappa shape index (κ3) is 5.79. The highest BCUT2D eigenvalue weighted by molar-refractivity contribution is 14.0. The van der Waals surface area contributed by atoms with Crippen LogP contribution in [0.15, 0.2) is 4.99 Å². The van der Waals surface area contributed by atoms with E-state index in [-0.39, 0.29) is 29.9 Å². The van der Waals surface area contributed by atoms with Gasteiger partial charge in [0.25, 0.3) is 0 Å². The maximum atomic E-state index is 12.3. The van der Waals surface area contributed by atoms with Crippen LogP contribution in [0.3, 0.4) is 0 Å². The number of piperazine rings is 1. The van der Waals surface area contributed by atoms with Gasteiger partial charge in [0.1, 0.15) is 12.4 Å². The third-order valence-corrected chi connectivity index (χ3v) is 5.38. The van der Waals surface area contributed by atoms with Crippen LogP contribution in [0.2, 0.25) is 0 Å². The SMILES string of the molecule is CCNC(=NCc1nnc(C)n1C)N1CCN(CC(=O)N2CCCC2)CC1.I. The third-order valence-electron chi connectivity index (χ3n) is 5.38. The largest absolute Gasteiger partial charge is 0.357 e. The van der Waals surface area contributed by atoms with Crippen LogP contribution in [0.4, 0.5) is 0 Å². The van der Waals surface area contributed by atoms with Crippen molar-refractivity contribution in [3.8, 4) is 0 Å². The van der Waals surface area contributed by atoms with Crippen molar-refractivity contribution in [3.63, 3.8) is 0 Å². The Balaban J connectivity index is 0.00000280. The lowest BCUT2D eigenvalue weighted by Crippen LogP contribution is -2.54. The summed E-state index contributed by atoms with van der Waals surface area (Å²) in [6, 6.07) is 0. The molecule has 10 heteroatoms. The van der Waals surface area contributed by atoms with Crippen molar-refractivity contribution in [2.24, 2.45) is 12.0 Å². The van der Waals surface area contributed by atoms with Crippen LogP contribution in [0.25, 0.3) is 0 Å². The quantitative estimate of drug-likeness (QED) is 0.356. The molecule has 0 saturated carbocycles. The van der Waals surface area contributed by atoms with Crippen molar-refractivity contribution in [2.45, 2.75) is 33.2 Å². The fraction of sp³-hybridized carbons (Fsp3) is 0.778. The number of nitrogens with one attached hydrogen (secondary N) is 1. The van der Waals surface area contributed by atoms with E-state index in [1.165, 1.54) is 0 Å². The van der Waals surface area contributed by atoms with Crippen molar-refractivity contribution >= 4 is 35.8 Å². The summed E-state index contributed by atoms with van der Waals surface area (Å²) in [4.78, 5) is 23.6. The second-order valence-electron chi connectivity index (χ2n) is 7.24. The van der Waals surface area contributed by atoms with Crippen molar-refractivity contribution in [3.05, 3.63) is 11.6 Å². The summed E-state index contributed by atoms with van der Waals surface area (Å²) in [5, 5.41) is 11.6. The molecule has 1 N–H and O–H groups in total. The lowest BCUT2D eigenvalue weighted by Gasteiger charge is -2.36. The van der Waals surface area contributed by atoms with Gasteiger partial charge < -0.3 is 19.7 Å². The van der Waals surface area contributed by atoms with E-state index in [1.54, 1.807) is 0 Å². The second-order valence-corrected chi connectivity index (χ2v) is 7.24. The van der Waals surface area contributed by atoms with Crippen LogP contribution in [0, 0.1) is 6.92 Å². The van der Waals surface area contributed by atoms with Crippen LogP contribution in [-0.2, 0) is 18.4 Å². The Hall–Kier alpha value is -1.43.